The summed E-state index contributed by atoms with van der Waals surface area (Å²) in [6.07, 6.45) is 2.61. The minimum absolute atomic E-state index is 0.250. The zero-order valence-electron chi connectivity index (χ0n) is 23.0. The van der Waals surface area contributed by atoms with Gasteiger partial charge in [0.15, 0.2) is 5.65 Å². The normalized spacial score (nSPS) is 11.1. The minimum atomic E-state index is -0.588. The van der Waals surface area contributed by atoms with E-state index in [9.17, 15) is 9.59 Å². The first-order valence-corrected chi connectivity index (χ1v) is 14.6. The van der Waals surface area contributed by atoms with Crippen LogP contribution >= 0.6 is 27.7 Å². The lowest BCUT2D eigenvalue weighted by Gasteiger charge is -2.19. The lowest BCUT2D eigenvalue weighted by atomic mass is 10.1. The molecule has 9 nitrogen and oxygen atoms in total. The Balaban J connectivity index is 1.42. The van der Waals surface area contributed by atoms with Crippen molar-refractivity contribution in [3.05, 3.63) is 101 Å². The third-order valence-electron chi connectivity index (χ3n) is 5.71. The highest BCUT2D eigenvalue weighted by Gasteiger charge is 2.17. The molecule has 2 heterocycles. The number of ether oxygens (including phenoxy) is 1. The quantitative estimate of drug-likeness (QED) is 0.162. The lowest BCUT2D eigenvalue weighted by molar-refractivity contribution is 0.0635. The van der Waals surface area contributed by atoms with Gasteiger partial charge in [0.05, 0.1) is 11.1 Å². The van der Waals surface area contributed by atoms with Crippen molar-refractivity contribution in [3.63, 3.8) is 0 Å². The van der Waals surface area contributed by atoms with Gasteiger partial charge < -0.3 is 15.4 Å². The zero-order chi connectivity index (χ0) is 29.7. The van der Waals surface area contributed by atoms with Gasteiger partial charge in [0.2, 0.25) is 0 Å². The van der Waals surface area contributed by atoms with Gasteiger partial charge in [-0.1, -0.05) is 33.8 Å². The monoisotopic (exact) mass is 642 g/mol. The summed E-state index contributed by atoms with van der Waals surface area (Å²) < 4.78 is 6.20. The predicted octanol–water partition coefficient (Wildman–Crippen LogP) is 8.28. The molecule has 0 atom stereocenters. The number of carbonyl (C=O) groups is 2. The van der Waals surface area contributed by atoms with Gasteiger partial charge in [-0.3, -0.25) is 10.1 Å². The molecule has 0 aliphatic heterocycles. The number of nitrogens with one attached hydrogen (secondary N) is 3. The van der Waals surface area contributed by atoms with Crippen LogP contribution in [0.2, 0.25) is 0 Å². The Kier molecular flexibility index (Phi) is 8.69. The van der Waals surface area contributed by atoms with Gasteiger partial charge in [-0.2, -0.15) is 0 Å². The Labute approximate surface area is 255 Å². The topological polar surface area (TPSA) is 118 Å². The summed E-state index contributed by atoms with van der Waals surface area (Å²) >= 11 is 4.94. The van der Waals surface area contributed by atoms with Gasteiger partial charge in [0.1, 0.15) is 17.7 Å². The molecule has 3 aromatic carbocycles. The highest BCUT2D eigenvalue weighted by atomic mass is 79.9. The molecule has 212 valence electrons. The van der Waals surface area contributed by atoms with E-state index in [-0.39, 0.29) is 5.91 Å². The number of anilines is 4. The number of nitrogens with zero attached hydrogens (tertiary/aromatic N) is 3. The number of hydrogen-bond donors (Lipinski definition) is 3. The van der Waals surface area contributed by atoms with Crippen LogP contribution in [-0.2, 0) is 4.74 Å². The summed E-state index contributed by atoms with van der Waals surface area (Å²) in [5.41, 5.74) is 2.41. The maximum atomic E-state index is 13.2. The molecule has 0 fully saturated rings. The standard InChI is InChI=1S/C31H27BrN6O3S/c1-31(2,3)41-30(40)37-21-10-12-23(13-11-21)42-26-14-9-19(29(39)36-22-7-4-6-20(32)17-22)16-25(26)38-28-24-8-5-15-33-27(24)34-18-35-28/h4-18H,1-3H3,(H,36,39)(H,37,40)(H,33,34,35,38). The number of pyridine rings is 1. The highest BCUT2D eigenvalue weighted by molar-refractivity contribution is 9.10. The number of fused-ring (bicyclic) bond motifs is 1. The summed E-state index contributed by atoms with van der Waals surface area (Å²) in [6.45, 7) is 5.44. The second-order valence-electron chi connectivity index (χ2n) is 10.2. The van der Waals surface area contributed by atoms with Crippen LogP contribution in [0.25, 0.3) is 11.0 Å². The van der Waals surface area contributed by atoms with Crippen LogP contribution in [0.5, 0.6) is 0 Å². The molecule has 5 aromatic rings. The molecule has 2 amide bonds. The molecule has 0 aliphatic carbocycles. The van der Waals surface area contributed by atoms with Crippen LogP contribution in [0, 0.1) is 0 Å². The fourth-order valence-corrected chi connectivity index (χ4v) is 5.19. The third-order valence-corrected chi connectivity index (χ3v) is 7.29. The zero-order valence-corrected chi connectivity index (χ0v) is 25.4. The molecule has 0 radical (unpaired) electrons. The van der Waals surface area contributed by atoms with Crippen molar-refractivity contribution >= 4 is 73.6 Å². The van der Waals surface area contributed by atoms with Crippen LogP contribution in [0.1, 0.15) is 31.1 Å². The minimum Gasteiger partial charge on any atom is -0.444 e. The van der Waals surface area contributed by atoms with Crippen molar-refractivity contribution in [3.8, 4) is 0 Å². The number of benzene rings is 3. The van der Waals surface area contributed by atoms with Gasteiger partial charge in [0, 0.05) is 37.4 Å². The molecular formula is C31H27BrN6O3S. The lowest BCUT2D eigenvalue weighted by Crippen LogP contribution is -2.27. The van der Waals surface area contributed by atoms with E-state index in [1.54, 1.807) is 18.3 Å². The van der Waals surface area contributed by atoms with Crippen molar-refractivity contribution in [2.24, 2.45) is 0 Å². The number of rotatable bonds is 7. The van der Waals surface area contributed by atoms with E-state index in [0.29, 0.717) is 34.1 Å². The maximum absolute atomic E-state index is 13.2. The van der Waals surface area contributed by atoms with E-state index in [1.807, 2.05) is 87.5 Å². The molecule has 5 rings (SSSR count). The molecule has 0 bridgehead atoms. The SMILES string of the molecule is CC(C)(C)OC(=O)Nc1ccc(Sc2ccc(C(=O)Nc3cccc(Br)c3)cc2Nc2ncnc3ncccc23)cc1. The number of carbonyl (C=O) groups excluding carboxylic acids is 2. The first-order chi connectivity index (χ1) is 20.1. The van der Waals surface area contributed by atoms with Crippen LogP contribution in [0.4, 0.5) is 27.7 Å². The molecule has 0 spiro atoms. The molecule has 0 aliphatic rings. The molecule has 3 N–H and O–H groups in total. The Morgan fingerprint density at radius 2 is 1.67 bits per heavy atom. The Morgan fingerprint density at radius 3 is 2.43 bits per heavy atom. The summed E-state index contributed by atoms with van der Waals surface area (Å²) in [5.74, 6) is 0.316. The van der Waals surface area contributed by atoms with Crippen molar-refractivity contribution in [1.29, 1.82) is 0 Å². The van der Waals surface area contributed by atoms with Crippen LogP contribution in [-0.4, -0.2) is 32.6 Å². The number of halogens is 1. The van der Waals surface area contributed by atoms with E-state index in [2.05, 4.69) is 46.8 Å². The average molecular weight is 644 g/mol. The second-order valence-corrected chi connectivity index (χ2v) is 12.2. The summed E-state index contributed by atoms with van der Waals surface area (Å²) in [5, 5.41) is 9.82. The van der Waals surface area contributed by atoms with Crippen LogP contribution in [0.15, 0.2) is 106 Å². The molecular weight excluding hydrogens is 616 g/mol. The number of hydrogen-bond acceptors (Lipinski definition) is 8. The summed E-state index contributed by atoms with van der Waals surface area (Å²) in [4.78, 5) is 40.1. The fourth-order valence-electron chi connectivity index (χ4n) is 3.90. The van der Waals surface area contributed by atoms with E-state index in [1.165, 1.54) is 18.1 Å². The Hall–Kier alpha value is -4.48. The number of amides is 2. The van der Waals surface area contributed by atoms with E-state index >= 15 is 0 Å². The van der Waals surface area contributed by atoms with Crippen molar-refractivity contribution < 1.29 is 14.3 Å². The van der Waals surface area contributed by atoms with Crippen molar-refractivity contribution in [1.82, 2.24) is 15.0 Å². The fraction of sp³-hybridized carbons (Fsp3) is 0.129. The molecule has 0 saturated carbocycles. The largest absolute Gasteiger partial charge is 0.444 e. The summed E-state index contributed by atoms with van der Waals surface area (Å²) in [7, 11) is 0. The van der Waals surface area contributed by atoms with E-state index in [0.717, 1.165) is 19.6 Å². The van der Waals surface area contributed by atoms with E-state index in [4.69, 9.17) is 4.74 Å². The summed E-state index contributed by atoms with van der Waals surface area (Å²) in [6, 6.07) is 24.0. The predicted molar refractivity (Wildman–Crippen MR) is 170 cm³/mol. The van der Waals surface area contributed by atoms with E-state index < -0.39 is 11.7 Å². The Bertz CT molecular complexity index is 1750. The molecule has 11 heteroatoms. The first-order valence-electron chi connectivity index (χ1n) is 12.9. The first kappa shape index (κ1) is 29.0. The van der Waals surface area contributed by atoms with Crippen molar-refractivity contribution in [2.45, 2.75) is 36.2 Å². The molecule has 2 aromatic heterocycles. The molecule has 0 saturated heterocycles. The number of aromatic nitrogens is 3. The van der Waals surface area contributed by atoms with Gasteiger partial charge in [-0.25, -0.2) is 19.7 Å². The Morgan fingerprint density at radius 1 is 0.857 bits per heavy atom. The average Bonchev–Trinajstić information content (AvgIpc) is 2.94. The van der Waals surface area contributed by atoms with Gasteiger partial charge in [-0.05, 0) is 93.6 Å². The van der Waals surface area contributed by atoms with Gasteiger partial charge >= 0.3 is 6.09 Å². The maximum Gasteiger partial charge on any atom is 0.412 e. The third kappa shape index (κ3) is 7.62. The highest BCUT2D eigenvalue weighted by Crippen LogP contribution is 2.37. The van der Waals surface area contributed by atoms with Gasteiger partial charge in [0.25, 0.3) is 5.91 Å². The molecule has 0 unspecified atom stereocenters. The van der Waals surface area contributed by atoms with Crippen LogP contribution < -0.4 is 16.0 Å². The second kappa shape index (κ2) is 12.6. The van der Waals surface area contributed by atoms with Crippen LogP contribution in [0.3, 0.4) is 0 Å². The smallest absolute Gasteiger partial charge is 0.412 e. The van der Waals surface area contributed by atoms with Crippen molar-refractivity contribution in [2.75, 3.05) is 16.0 Å². The molecule has 42 heavy (non-hydrogen) atoms. The van der Waals surface area contributed by atoms with Gasteiger partial charge in [-0.15, -0.1) is 0 Å².